The topological polar surface area (TPSA) is 33.0 Å². The van der Waals surface area contributed by atoms with E-state index in [0.717, 1.165) is 17.9 Å². The molecule has 1 aromatic rings. The maximum Gasteiger partial charge on any atom is 0.124 e. The summed E-state index contributed by atoms with van der Waals surface area (Å²) in [6, 6.07) is 6.37. The largest absolute Gasteiger partial charge is 0.377 e. The van der Waals surface area contributed by atoms with E-state index in [0.29, 0.717) is 10.8 Å². The zero-order chi connectivity index (χ0) is 11.5. The Bertz CT molecular complexity index is 430. The highest BCUT2D eigenvalue weighted by atomic mass is 32.2. The molecular formula is C12H12FNOS. The summed E-state index contributed by atoms with van der Waals surface area (Å²) in [5, 5.41) is 9.28. The number of nitrogens with zero attached hydrogens (tertiary/aromatic N) is 1. The standard InChI is InChI=1S/C12H12FNOS/c1-8-11(4-5-15-8)16-12-3-2-10(13)6-9(12)7-14/h2-3,6,8,11H,4-5H2,1H3. The molecule has 84 valence electrons. The minimum atomic E-state index is -0.364. The Morgan fingerprint density at radius 2 is 2.38 bits per heavy atom. The molecule has 16 heavy (non-hydrogen) atoms. The maximum atomic E-state index is 12.9. The third-order valence-electron chi connectivity index (χ3n) is 2.65. The van der Waals surface area contributed by atoms with Crippen LogP contribution in [0.15, 0.2) is 23.1 Å². The first-order valence-electron chi connectivity index (χ1n) is 5.18. The average molecular weight is 237 g/mol. The summed E-state index contributed by atoms with van der Waals surface area (Å²) in [4.78, 5) is 0.839. The van der Waals surface area contributed by atoms with Gasteiger partial charge in [-0.05, 0) is 31.5 Å². The number of hydrogen-bond acceptors (Lipinski definition) is 3. The highest BCUT2D eigenvalue weighted by Gasteiger charge is 2.25. The van der Waals surface area contributed by atoms with Crippen LogP contribution < -0.4 is 0 Å². The molecule has 4 heteroatoms. The lowest BCUT2D eigenvalue weighted by Crippen LogP contribution is -2.13. The van der Waals surface area contributed by atoms with Crippen LogP contribution in [0, 0.1) is 17.1 Å². The van der Waals surface area contributed by atoms with Gasteiger partial charge in [-0.1, -0.05) is 0 Å². The van der Waals surface area contributed by atoms with Crippen LogP contribution in [0.1, 0.15) is 18.9 Å². The van der Waals surface area contributed by atoms with Crippen molar-refractivity contribution < 1.29 is 9.13 Å². The quantitative estimate of drug-likeness (QED) is 0.792. The minimum Gasteiger partial charge on any atom is -0.377 e. The lowest BCUT2D eigenvalue weighted by molar-refractivity contribution is 0.127. The summed E-state index contributed by atoms with van der Waals surface area (Å²) in [6.45, 7) is 2.79. The van der Waals surface area contributed by atoms with Gasteiger partial charge >= 0.3 is 0 Å². The number of hydrogen-bond donors (Lipinski definition) is 0. The first-order chi connectivity index (χ1) is 7.70. The molecule has 0 saturated carbocycles. The van der Waals surface area contributed by atoms with Crippen molar-refractivity contribution in [1.82, 2.24) is 0 Å². The fourth-order valence-electron chi connectivity index (χ4n) is 1.72. The zero-order valence-electron chi connectivity index (χ0n) is 8.94. The van der Waals surface area contributed by atoms with Crippen molar-refractivity contribution >= 4 is 11.8 Å². The fourth-order valence-corrected chi connectivity index (χ4v) is 2.91. The van der Waals surface area contributed by atoms with Gasteiger partial charge < -0.3 is 4.74 Å². The van der Waals surface area contributed by atoms with Crippen LogP contribution in [0.2, 0.25) is 0 Å². The number of halogens is 1. The Kier molecular flexibility index (Phi) is 3.47. The van der Waals surface area contributed by atoms with Gasteiger partial charge in [0.2, 0.25) is 0 Å². The van der Waals surface area contributed by atoms with Crippen molar-refractivity contribution in [1.29, 1.82) is 5.26 Å². The summed E-state index contributed by atoms with van der Waals surface area (Å²) in [5.74, 6) is -0.364. The van der Waals surface area contributed by atoms with E-state index in [9.17, 15) is 4.39 Å². The summed E-state index contributed by atoms with van der Waals surface area (Å²) < 4.78 is 18.4. The Balaban J connectivity index is 2.18. The second kappa shape index (κ2) is 4.86. The molecule has 1 saturated heterocycles. The van der Waals surface area contributed by atoms with Crippen LogP contribution in [0.25, 0.3) is 0 Å². The van der Waals surface area contributed by atoms with Crippen LogP contribution in [0.3, 0.4) is 0 Å². The van der Waals surface area contributed by atoms with Crippen molar-refractivity contribution in [2.75, 3.05) is 6.61 Å². The van der Waals surface area contributed by atoms with Gasteiger partial charge in [0.05, 0.1) is 11.7 Å². The predicted octanol–water partition coefficient (Wildman–Crippen LogP) is 2.97. The molecule has 2 atom stereocenters. The first kappa shape index (κ1) is 11.4. The highest BCUT2D eigenvalue weighted by molar-refractivity contribution is 8.00. The Morgan fingerprint density at radius 3 is 3.00 bits per heavy atom. The van der Waals surface area contributed by atoms with E-state index < -0.39 is 0 Å². The van der Waals surface area contributed by atoms with E-state index in [-0.39, 0.29) is 11.9 Å². The van der Waals surface area contributed by atoms with Gasteiger partial charge in [-0.15, -0.1) is 11.8 Å². The van der Waals surface area contributed by atoms with Gasteiger partial charge in [0.1, 0.15) is 11.9 Å². The Morgan fingerprint density at radius 1 is 1.56 bits per heavy atom. The molecule has 0 bridgehead atoms. The monoisotopic (exact) mass is 237 g/mol. The molecule has 2 rings (SSSR count). The first-order valence-corrected chi connectivity index (χ1v) is 6.06. The smallest absolute Gasteiger partial charge is 0.124 e. The molecule has 0 spiro atoms. The molecule has 2 unspecified atom stereocenters. The van der Waals surface area contributed by atoms with Crippen molar-refractivity contribution in [2.45, 2.75) is 29.6 Å². The number of nitriles is 1. The van der Waals surface area contributed by atoms with E-state index in [1.165, 1.54) is 12.1 Å². The van der Waals surface area contributed by atoms with E-state index in [4.69, 9.17) is 10.00 Å². The van der Waals surface area contributed by atoms with Crippen LogP contribution in [0.5, 0.6) is 0 Å². The van der Waals surface area contributed by atoms with Gasteiger partial charge in [0.15, 0.2) is 0 Å². The Labute approximate surface area is 98.4 Å². The summed E-state index contributed by atoms with van der Waals surface area (Å²) >= 11 is 1.61. The van der Waals surface area contributed by atoms with Crippen molar-refractivity contribution in [3.05, 3.63) is 29.6 Å². The number of ether oxygens (including phenoxy) is 1. The number of benzene rings is 1. The van der Waals surface area contributed by atoms with Crippen molar-refractivity contribution in [3.8, 4) is 6.07 Å². The molecule has 1 fully saturated rings. The lowest BCUT2D eigenvalue weighted by Gasteiger charge is -2.14. The lowest BCUT2D eigenvalue weighted by atomic mass is 10.2. The number of rotatable bonds is 2. The zero-order valence-corrected chi connectivity index (χ0v) is 9.76. The van der Waals surface area contributed by atoms with Gasteiger partial charge in [0, 0.05) is 16.8 Å². The second-order valence-corrected chi connectivity index (χ2v) is 5.05. The van der Waals surface area contributed by atoms with Crippen molar-refractivity contribution in [2.24, 2.45) is 0 Å². The number of thioether (sulfide) groups is 1. The molecule has 0 radical (unpaired) electrons. The summed E-state index contributed by atoms with van der Waals surface area (Å²) in [6.07, 6.45) is 1.18. The molecule has 2 nitrogen and oxygen atoms in total. The van der Waals surface area contributed by atoms with E-state index in [1.54, 1.807) is 17.8 Å². The minimum absolute atomic E-state index is 0.196. The Hall–Kier alpha value is -1.05. The summed E-state index contributed by atoms with van der Waals surface area (Å²) in [7, 11) is 0. The van der Waals surface area contributed by atoms with Gasteiger partial charge in [-0.25, -0.2) is 4.39 Å². The third kappa shape index (κ3) is 2.37. The van der Waals surface area contributed by atoms with Gasteiger partial charge in [-0.2, -0.15) is 5.26 Å². The molecule has 0 amide bonds. The molecule has 1 aliphatic heterocycles. The average Bonchev–Trinajstić information content (AvgIpc) is 2.67. The molecule has 0 aromatic heterocycles. The molecule has 1 aromatic carbocycles. The SMILES string of the molecule is CC1OCCC1Sc1ccc(F)cc1C#N. The summed E-state index contributed by atoms with van der Waals surface area (Å²) in [5.41, 5.74) is 0.407. The molecule has 0 N–H and O–H groups in total. The second-order valence-electron chi connectivity index (χ2n) is 3.77. The van der Waals surface area contributed by atoms with Crippen LogP contribution in [-0.4, -0.2) is 18.0 Å². The van der Waals surface area contributed by atoms with Crippen LogP contribution in [0.4, 0.5) is 4.39 Å². The fraction of sp³-hybridized carbons (Fsp3) is 0.417. The van der Waals surface area contributed by atoms with Crippen molar-refractivity contribution in [3.63, 3.8) is 0 Å². The van der Waals surface area contributed by atoms with Gasteiger partial charge in [0.25, 0.3) is 0 Å². The predicted molar refractivity (Wildman–Crippen MR) is 60.8 cm³/mol. The van der Waals surface area contributed by atoms with Gasteiger partial charge in [-0.3, -0.25) is 0 Å². The molecule has 1 heterocycles. The third-order valence-corrected chi connectivity index (χ3v) is 4.18. The van der Waals surface area contributed by atoms with E-state index in [2.05, 4.69) is 0 Å². The molecule has 0 aliphatic carbocycles. The highest BCUT2D eigenvalue weighted by Crippen LogP contribution is 2.34. The van der Waals surface area contributed by atoms with Crippen LogP contribution in [-0.2, 0) is 4.74 Å². The van der Waals surface area contributed by atoms with Crippen LogP contribution >= 0.6 is 11.8 Å². The van der Waals surface area contributed by atoms with E-state index >= 15 is 0 Å². The van der Waals surface area contributed by atoms with E-state index in [1.807, 2.05) is 13.0 Å². The normalized spacial score (nSPS) is 24.3. The molecular weight excluding hydrogens is 225 g/mol. The molecule has 1 aliphatic rings. The maximum absolute atomic E-state index is 12.9.